The molecule has 2 N–H and O–H groups in total. The minimum Gasteiger partial charge on any atom is -0.508 e. The Bertz CT molecular complexity index is 753. The van der Waals surface area contributed by atoms with Crippen molar-refractivity contribution < 1.29 is 5.11 Å². The lowest BCUT2D eigenvalue weighted by Crippen LogP contribution is -2.00. The van der Waals surface area contributed by atoms with Gasteiger partial charge in [-0.3, -0.25) is 4.98 Å². The SMILES string of the molecule is Oc1ccc(Br)cc1CNc1cccc2cnccc12. The average Bonchev–Trinajstić information content (AvgIpc) is 2.48. The second-order valence-corrected chi connectivity index (χ2v) is 5.44. The Morgan fingerprint density at radius 3 is 2.95 bits per heavy atom. The van der Waals surface area contributed by atoms with E-state index in [1.165, 1.54) is 0 Å². The Balaban J connectivity index is 1.89. The molecule has 3 rings (SSSR count). The van der Waals surface area contributed by atoms with Crippen LogP contribution >= 0.6 is 15.9 Å². The van der Waals surface area contributed by atoms with E-state index in [1.807, 2.05) is 42.6 Å². The predicted molar refractivity (Wildman–Crippen MR) is 84.9 cm³/mol. The highest BCUT2D eigenvalue weighted by Gasteiger charge is 2.04. The van der Waals surface area contributed by atoms with Gasteiger partial charge >= 0.3 is 0 Å². The first-order chi connectivity index (χ1) is 9.74. The van der Waals surface area contributed by atoms with E-state index >= 15 is 0 Å². The Hall–Kier alpha value is -2.07. The molecule has 0 radical (unpaired) electrons. The van der Waals surface area contributed by atoms with E-state index in [-0.39, 0.29) is 0 Å². The zero-order chi connectivity index (χ0) is 13.9. The third-order valence-electron chi connectivity index (χ3n) is 3.19. The Kier molecular flexibility index (Phi) is 3.56. The summed E-state index contributed by atoms with van der Waals surface area (Å²) in [4.78, 5) is 4.12. The maximum Gasteiger partial charge on any atom is 0.120 e. The number of pyridine rings is 1. The van der Waals surface area contributed by atoms with E-state index in [0.717, 1.165) is 26.5 Å². The molecular weight excluding hydrogens is 316 g/mol. The molecule has 0 bridgehead atoms. The first kappa shape index (κ1) is 12.9. The fourth-order valence-electron chi connectivity index (χ4n) is 2.16. The van der Waals surface area contributed by atoms with Gasteiger partial charge in [0.2, 0.25) is 0 Å². The molecule has 0 unspecified atom stereocenters. The van der Waals surface area contributed by atoms with Crippen LogP contribution in [0.3, 0.4) is 0 Å². The summed E-state index contributed by atoms with van der Waals surface area (Å²) < 4.78 is 0.953. The van der Waals surface area contributed by atoms with Gasteiger partial charge in [0.15, 0.2) is 0 Å². The summed E-state index contributed by atoms with van der Waals surface area (Å²) in [6.45, 7) is 0.562. The lowest BCUT2D eigenvalue weighted by atomic mass is 10.1. The van der Waals surface area contributed by atoms with Crippen molar-refractivity contribution >= 4 is 32.4 Å². The highest BCUT2D eigenvalue weighted by molar-refractivity contribution is 9.10. The number of aromatic hydroxyl groups is 1. The van der Waals surface area contributed by atoms with Gasteiger partial charge in [-0.15, -0.1) is 0 Å². The van der Waals surface area contributed by atoms with Crippen LogP contribution in [-0.2, 0) is 6.54 Å². The van der Waals surface area contributed by atoms with E-state index in [0.29, 0.717) is 12.3 Å². The van der Waals surface area contributed by atoms with Gasteiger partial charge in [-0.1, -0.05) is 28.1 Å². The quantitative estimate of drug-likeness (QED) is 0.752. The standard InChI is InChI=1S/C16H13BrN2O/c17-13-4-5-16(20)12(8-13)10-19-15-3-1-2-11-9-18-7-6-14(11)15/h1-9,19-20H,10H2. The van der Waals surface area contributed by atoms with E-state index in [2.05, 4.69) is 26.2 Å². The Labute approximate surface area is 125 Å². The molecule has 1 heterocycles. The number of aromatic nitrogens is 1. The minimum atomic E-state index is 0.294. The predicted octanol–water partition coefficient (Wildman–Crippen LogP) is 4.32. The van der Waals surface area contributed by atoms with Gasteiger partial charge in [0.05, 0.1) is 0 Å². The molecule has 0 aliphatic rings. The smallest absolute Gasteiger partial charge is 0.120 e. The topological polar surface area (TPSA) is 45.1 Å². The number of nitrogens with one attached hydrogen (secondary N) is 1. The number of benzene rings is 2. The summed E-state index contributed by atoms with van der Waals surface area (Å²) in [6, 6.07) is 13.5. The fraction of sp³-hybridized carbons (Fsp3) is 0.0625. The van der Waals surface area contributed by atoms with Gasteiger partial charge in [0.1, 0.15) is 5.75 Å². The molecule has 2 aromatic carbocycles. The number of fused-ring (bicyclic) bond motifs is 1. The number of phenols is 1. The van der Waals surface area contributed by atoms with Crippen LogP contribution in [-0.4, -0.2) is 10.1 Å². The molecule has 3 nitrogen and oxygen atoms in total. The summed E-state index contributed by atoms with van der Waals surface area (Å²) in [7, 11) is 0. The van der Waals surface area contributed by atoms with Crippen LogP contribution in [0.1, 0.15) is 5.56 Å². The number of hydrogen-bond acceptors (Lipinski definition) is 3. The molecule has 0 saturated heterocycles. The highest BCUT2D eigenvalue weighted by atomic mass is 79.9. The normalized spacial score (nSPS) is 10.7. The van der Waals surface area contributed by atoms with Crippen LogP contribution in [0.4, 0.5) is 5.69 Å². The van der Waals surface area contributed by atoms with Crippen LogP contribution in [0, 0.1) is 0 Å². The monoisotopic (exact) mass is 328 g/mol. The first-order valence-corrected chi connectivity index (χ1v) is 7.07. The number of hydrogen-bond donors (Lipinski definition) is 2. The summed E-state index contributed by atoms with van der Waals surface area (Å²) in [6.07, 6.45) is 3.63. The maximum absolute atomic E-state index is 9.86. The Morgan fingerprint density at radius 1 is 1.15 bits per heavy atom. The van der Waals surface area contributed by atoms with Crippen molar-refractivity contribution in [3.63, 3.8) is 0 Å². The summed E-state index contributed by atoms with van der Waals surface area (Å²) >= 11 is 3.42. The van der Waals surface area contributed by atoms with Gasteiger partial charge in [-0.05, 0) is 30.3 Å². The van der Waals surface area contributed by atoms with Crippen molar-refractivity contribution in [2.24, 2.45) is 0 Å². The largest absolute Gasteiger partial charge is 0.508 e. The van der Waals surface area contributed by atoms with Gasteiger partial charge in [-0.2, -0.15) is 0 Å². The molecule has 1 aromatic heterocycles. The lowest BCUT2D eigenvalue weighted by Gasteiger charge is -2.11. The van der Waals surface area contributed by atoms with Crippen LogP contribution in [0.2, 0.25) is 0 Å². The number of halogens is 1. The first-order valence-electron chi connectivity index (χ1n) is 6.28. The van der Waals surface area contributed by atoms with Gasteiger partial charge in [0, 0.05) is 45.4 Å². The van der Waals surface area contributed by atoms with E-state index in [4.69, 9.17) is 0 Å². The van der Waals surface area contributed by atoms with Crippen molar-refractivity contribution in [1.29, 1.82) is 0 Å². The van der Waals surface area contributed by atoms with E-state index in [1.54, 1.807) is 12.3 Å². The number of phenolic OH excluding ortho intramolecular Hbond substituents is 1. The van der Waals surface area contributed by atoms with Gasteiger partial charge in [-0.25, -0.2) is 0 Å². The van der Waals surface area contributed by atoms with Crippen LogP contribution in [0.5, 0.6) is 5.75 Å². The van der Waals surface area contributed by atoms with Gasteiger partial charge in [0.25, 0.3) is 0 Å². The van der Waals surface area contributed by atoms with Crippen molar-refractivity contribution in [3.05, 3.63) is 64.9 Å². The molecule has 0 fully saturated rings. The summed E-state index contributed by atoms with van der Waals surface area (Å²) in [5.74, 6) is 0.294. The number of anilines is 1. The molecule has 20 heavy (non-hydrogen) atoms. The summed E-state index contributed by atoms with van der Waals surface area (Å²) in [5.41, 5.74) is 1.88. The lowest BCUT2D eigenvalue weighted by molar-refractivity contribution is 0.469. The zero-order valence-corrected chi connectivity index (χ0v) is 12.3. The zero-order valence-electron chi connectivity index (χ0n) is 10.7. The van der Waals surface area contributed by atoms with Crippen molar-refractivity contribution in [1.82, 2.24) is 4.98 Å². The van der Waals surface area contributed by atoms with E-state index in [9.17, 15) is 5.11 Å². The molecular formula is C16H13BrN2O. The van der Waals surface area contributed by atoms with Crippen LogP contribution in [0.25, 0.3) is 10.8 Å². The molecule has 0 atom stereocenters. The Morgan fingerprint density at radius 2 is 2.05 bits per heavy atom. The molecule has 100 valence electrons. The molecule has 4 heteroatoms. The second kappa shape index (κ2) is 5.51. The minimum absolute atomic E-state index is 0.294. The number of rotatable bonds is 3. The third-order valence-corrected chi connectivity index (χ3v) is 3.68. The van der Waals surface area contributed by atoms with Crippen molar-refractivity contribution in [3.8, 4) is 5.75 Å². The molecule has 3 aromatic rings. The van der Waals surface area contributed by atoms with Crippen LogP contribution < -0.4 is 5.32 Å². The molecule has 0 spiro atoms. The maximum atomic E-state index is 9.86. The molecule has 0 saturated carbocycles. The molecule has 0 aliphatic carbocycles. The number of nitrogens with zero attached hydrogens (tertiary/aromatic N) is 1. The molecule has 0 aliphatic heterocycles. The third kappa shape index (κ3) is 2.60. The van der Waals surface area contributed by atoms with Crippen molar-refractivity contribution in [2.45, 2.75) is 6.54 Å². The molecule has 0 amide bonds. The second-order valence-electron chi connectivity index (χ2n) is 4.53. The van der Waals surface area contributed by atoms with Gasteiger partial charge < -0.3 is 10.4 Å². The van der Waals surface area contributed by atoms with E-state index < -0.39 is 0 Å². The average molecular weight is 329 g/mol. The highest BCUT2D eigenvalue weighted by Crippen LogP contribution is 2.26. The van der Waals surface area contributed by atoms with Crippen LogP contribution in [0.15, 0.2) is 59.3 Å². The fourth-order valence-corrected chi connectivity index (χ4v) is 2.57. The van der Waals surface area contributed by atoms with Crippen molar-refractivity contribution in [2.75, 3.05) is 5.32 Å². The summed E-state index contributed by atoms with van der Waals surface area (Å²) in [5, 5.41) is 15.4.